The molecule has 0 aromatic carbocycles. The zero-order valence-electron chi connectivity index (χ0n) is 15.4. The number of hydrogen-bond donors (Lipinski definition) is 1. The first kappa shape index (κ1) is 17.9. The largest absolute Gasteiger partial charge is 0.391 e. The third kappa shape index (κ3) is 2.53. The van der Waals surface area contributed by atoms with Crippen LogP contribution in [0, 0.1) is 34.5 Å². The lowest BCUT2D eigenvalue weighted by molar-refractivity contribution is -0.214. The van der Waals surface area contributed by atoms with Crippen LogP contribution < -0.4 is 0 Å². The average Bonchev–Trinajstić information content (AvgIpc) is 2.76. The SMILES string of the molecule is C[C@]12CC=CCC1CC[C@@H]1[C@H]2CC[C@@]2(C)[C@H]1CCC2(O)CC(F)(F)F. The summed E-state index contributed by atoms with van der Waals surface area (Å²) in [5.74, 6) is 2.09. The Hall–Kier alpha value is -0.510. The van der Waals surface area contributed by atoms with E-state index < -0.39 is 23.6 Å². The molecule has 0 heterocycles. The molecule has 4 aliphatic rings. The normalized spacial score (nSPS) is 52.4. The molecule has 0 radical (unpaired) electrons. The van der Waals surface area contributed by atoms with Gasteiger partial charge in [0.15, 0.2) is 0 Å². The van der Waals surface area contributed by atoms with Crippen molar-refractivity contribution < 1.29 is 18.3 Å². The van der Waals surface area contributed by atoms with Gasteiger partial charge in [0.2, 0.25) is 0 Å². The number of aliphatic hydroxyl groups is 1. The second kappa shape index (κ2) is 5.50. The van der Waals surface area contributed by atoms with Crippen LogP contribution in [0.3, 0.4) is 0 Å². The molecule has 0 aromatic heterocycles. The third-order valence-corrected chi connectivity index (χ3v) is 9.02. The summed E-state index contributed by atoms with van der Waals surface area (Å²) in [7, 11) is 0. The van der Waals surface area contributed by atoms with Crippen molar-refractivity contribution in [1.82, 2.24) is 0 Å². The molecule has 1 N–H and O–H groups in total. The number of hydrogen-bond acceptors (Lipinski definition) is 1. The van der Waals surface area contributed by atoms with E-state index in [1.165, 1.54) is 12.8 Å². The predicted molar refractivity (Wildman–Crippen MR) is 91.9 cm³/mol. The summed E-state index contributed by atoms with van der Waals surface area (Å²) in [5, 5.41) is 11.0. The van der Waals surface area contributed by atoms with E-state index in [2.05, 4.69) is 19.1 Å². The van der Waals surface area contributed by atoms with Crippen molar-refractivity contribution >= 4 is 0 Å². The molecular weight excluding hydrogens is 325 g/mol. The summed E-state index contributed by atoms with van der Waals surface area (Å²) >= 11 is 0. The number of halogens is 3. The Morgan fingerprint density at radius 1 is 1.00 bits per heavy atom. The van der Waals surface area contributed by atoms with Gasteiger partial charge in [0, 0.05) is 0 Å². The van der Waals surface area contributed by atoms with Crippen molar-refractivity contribution in [3.8, 4) is 0 Å². The van der Waals surface area contributed by atoms with Crippen LogP contribution in [0.1, 0.15) is 71.6 Å². The molecule has 7 atom stereocenters. The first-order valence-electron chi connectivity index (χ1n) is 10.0. The molecule has 0 aromatic rings. The molecule has 1 nitrogen and oxygen atoms in total. The van der Waals surface area contributed by atoms with Crippen molar-refractivity contribution in [2.45, 2.75) is 83.4 Å². The average molecular weight is 356 g/mol. The van der Waals surface area contributed by atoms with Gasteiger partial charge in [-0.3, -0.25) is 0 Å². The van der Waals surface area contributed by atoms with Crippen LogP contribution >= 0.6 is 0 Å². The van der Waals surface area contributed by atoms with Crippen molar-refractivity contribution in [3.05, 3.63) is 12.2 Å². The maximum atomic E-state index is 13.1. The molecule has 0 amide bonds. The molecule has 4 aliphatic carbocycles. The van der Waals surface area contributed by atoms with Gasteiger partial charge in [-0.05, 0) is 85.9 Å². The van der Waals surface area contributed by atoms with Gasteiger partial charge in [-0.25, -0.2) is 0 Å². The maximum absolute atomic E-state index is 13.1. The second-order valence-electron chi connectivity index (χ2n) is 9.89. The topological polar surface area (TPSA) is 20.2 Å². The van der Waals surface area contributed by atoms with Crippen LogP contribution in [0.4, 0.5) is 13.2 Å². The molecular formula is C21H31F3O. The summed E-state index contributed by atoms with van der Waals surface area (Å²) in [6.07, 6.45) is 6.75. The summed E-state index contributed by atoms with van der Waals surface area (Å²) in [5.41, 5.74) is -1.83. The van der Waals surface area contributed by atoms with Gasteiger partial charge in [-0.2, -0.15) is 13.2 Å². The van der Waals surface area contributed by atoms with Gasteiger partial charge < -0.3 is 5.11 Å². The smallest absolute Gasteiger partial charge is 0.389 e. The summed E-state index contributed by atoms with van der Waals surface area (Å²) in [4.78, 5) is 0. The van der Waals surface area contributed by atoms with Gasteiger partial charge in [-0.15, -0.1) is 0 Å². The fourth-order valence-electron chi connectivity index (χ4n) is 7.57. The Kier molecular flexibility index (Phi) is 3.93. The molecule has 25 heavy (non-hydrogen) atoms. The van der Waals surface area contributed by atoms with E-state index in [4.69, 9.17) is 0 Å². The molecule has 0 aliphatic heterocycles. The number of fused-ring (bicyclic) bond motifs is 5. The fourth-order valence-corrected chi connectivity index (χ4v) is 7.57. The first-order chi connectivity index (χ1) is 11.6. The summed E-state index contributed by atoms with van der Waals surface area (Å²) in [6.45, 7) is 4.39. The van der Waals surface area contributed by atoms with Crippen LogP contribution in [0.2, 0.25) is 0 Å². The molecule has 4 rings (SSSR count). The van der Waals surface area contributed by atoms with Crippen molar-refractivity contribution in [2.24, 2.45) is 34.5 Å². The first-order valence-corrected chi connectivity index (χ1v) is 10.0. The minimum absolute atomic E-state index is 0.252. The van der Waals surface area contributed by atoms with Crippen molar-refractivity contribution in [2.75, 3.05) is 0 Å². The lowest BCUT2D eigenvalue weighted by atomic mass is 9.45. The number of allylic oxidation sites excluding steroid dienone is 2. The molecule has 0 saturated heterocycles. The molecule has 4 heteroatoms. The molecule has 0 spiro atoms. The fraction of sp³-hybridized carbons (Fsp3) is 0.905. The van der Waals surface area contributed by atoms with Crippen LogP contribution in [0.5, 0.6) is 0 Å². The van der Waals surface area contributed by atoms with Gasteiger partial charge in [-0.1, -0.05) is 26.0 Å². The molecule has 2 unspecified atom stereocenters. The Morgan fingerprint density at radius 3 is 2.44 bits per heavy atom. The zero-order chi connectivity index (χ0) is 18.1. The molecule has 3 saturated carbocycles. The minimum Gasteiger partial charge on any atom is -0.389 e. The van der Waals surface area contributed by atoms with Crippen LogP contribution in [0.15, 0.2) is 12.2 Å². The van der Waals surface area contributed by atoms with E-state index in [1.54, 1.807) is 0 Å². The van der Waals surface area contributed by atoms with E-state index in [-0.39, 0.29) is 5.92 Å². The van der Waals surface area contributed by atoms with E-state index in [0.717, 1.165) is 38.0 Å². The molecule has 142 valence electrons. The second-order valence-corrected chi connectivity index (χ2v) is 9.89. The predicted octanol–water partition coefficient (Wildman–Crippen LogP) is 5.88. The molecule has 3 fully saturated rings. The standard InChI is InChI=1S/C21H31F3O/c1-18-10-4-3-5-14(18)6-7-15-16(18)8-11-19(2)17(15)9-12-20(19,25)13-21(22,23)24/h3-4,14-17,25H,5-13H2,1-2H3/t14?,15-,16-,17+,18+,19+,20?/m1/s1. The Bertz CT molecular complexity index is 570. The number of rotatable bonds is 1. The van der Waals surface area contributed by atoms with Crippen molar-refractivity contribution in [3.63, 3.8) is 0 Å². The maximum Gasteiger partial charge on any atom is 0.391 e. The van der Waals surface area contributed by atoms with E-state index >= 15 is 0 Å². The van der Waals surface area contributed by atoms with Gasteiger partial charge >= 0.3 is 6.18 Å². The van der Waals surface area contributed by atoms with Gasteiger partial charge in [0.05, 0.1) is 12.0 Å². The van der Waals surface area contributed by atoms with Gasteiger partial charge in [0.25, 0.3) is 0 Å². The van der Waals surface area contributed by atoms with Crippen LogP contribution in [-0.2, 0) is 0 Å². The van der Waals surface area contributed by atoms with Gasteiger partial charge in [0.1, 0.15) is 0 Å². The highest BCUT2D eigenvalue weighted by molar-refractivity contribution is 5.15. The zero-order valence-corrected chi connectivity index (χ0v) is 15.4. The quantitative estimate of drug-likeness (QED) is 0.582. The molecule has 0 bridgehead atoms. The summed E-state index contributed by atoms with van der Waals surface area (Å²) < 4.78 is 39.4. The minimum atomic E-state index is -4.29. The monoisotopic (exact) mass is 356 g/mol. The highest BCUT2D eigenvalue weighted by atomic mass is 19.4. The van der Waals surface area contributed by atoms with Crippen LogP contribution in [0.25, 0.3) is 0 Å². The highest BCUT2D eigenvalue weighted by Crippen LogP contribution is 2.68. The Morgan fingerprint density at radius 2 is 1.72 bits per heavy atom. The summed E-state index contributed by atoms with van der Waals surface area (Å²) in [6, 6.07) is 0. The highest BCUT2D eigenvalue weighted by Gasteiger charge is 2.65. The Balaban J connectivity index is 1.63. The third-order valence-electron chi connectivity index (χ3n) is 9.02. The van der Waals surface area contributed by atoms with E-state index in [1.807, 2.05) is 6.92 Å². The van der Waals surface area contributed by atoms with E-state index in [0.29, 0.717) is 23.7 Å². The Labute approximate surface area is 149 Å². The van der Waals surface area contributed by atoms with E-state index in [9.17, 15) is 18.3 Å². The lowest BCUT2D eigenvalue weighted by Gasteiger charge is -2.60. The van der Waals surface area contributed by atoms with Crippen molar-refractivity contribution in [1.29, 1.82) is 0 Å². The van der Waals surface area contributed by atoms with Crippen LogP contribution in [-0.4, -0.2) is 16.9 Å². The number of alkyl halides is 3. The lowest BCUT2D eigenvalue weighted by Crippen LogP contribution is -2.56.